The summed E-state index contributed by atoms with van der Waals surface area (Å²) in [4.78, 5) is 39.5. The Morgan fingerprint density at radius 1 is 1.33 bits per heavy atom. The molecule has 2 amide bonds. The van der Waals surface area contributed by atoms with E-state index in [1.165, 1.54) is 16.7 Å². The van der Waals surface area contributed by atoms with Gasteiger partial charge in [-0.05, 0) is 44.9 Å². The molecule has 2 aliphatic heterocycles. The number of nitrogens with two attached hydrogens (primary N) is 1. The Bertz CT molecular complexity index is 651. The van der Waals surface area contributed by atoms with Crippen LogP contribution in [-0.2, 0) is 23.9 Å². The highest BCUT2D eigenvalue weighted by molar-refractivity contribution is 8.01. The zero-order valence-electron chi connectivity index (χ0n) is 18.2. The second kappa shape index (κ2) is 10.1. The smallest absolute Gasteiger partial charge is 0.242 e. The Balaban J connectivity index is 1.51. The van der Waals surface area contributed by atoms with Crippen molar-refractivity contribution in [3.63, 3.8) is 0 Å². The van der Waals surface area contributed by atoms with Crippen LogP contribution in [0.5, 0.6) is 0 Å². The molecule has 1 saturated carbocycles. The number of likely N-dealkylation sites (tertiary alicyclic amines) is 1. The minimum Gasteiger partial charge on any atom is -0.363 e. The Labute approximate surface area is 183 Å². The first-order valence-corrected chi connectivity index (χ1v) is 11.9. The van der Waals surface area contributed by atoms with Gasteiger partial charge in [0.1, 0.15) is 11.7 Å². The number of ether oxygens (including phenoxy) is 2. The maximum Gasteiger partial charge on any atom is 0.242 e. The lowest BCUT2D eigenvalue weighted by Gasteiger charge is -2.34. The van der Waals surface area contributed by atoms with Gasteiger partial charge < -0.3 is 15.2 Å². The number of methoxy groups -OCH3 is 1. The number of nitrogens with one attached hydrogen (secondary N) is 1. The third kappa shape index (κ3) is 5.24. The molecule has 0 aromatic carbocycles. The fourth-order valence-electron chi connectivity index (χ4n) is 4.48. The summed E-state index contributed by atoms with van der Waals surface area (Å²) < 4.78 is 11.1. The van der Waals surface area contributed by atoms with Crippen LogP contribution in [0.25, 0.3) is 0 Å². The second-order valence-corrected chi connectivity index (χ2v) is 10.2. The van der Waals surface area contributed by atoms with Crippen LogP contribution in [0.2, 0.25) is 0 Å². The van der Waals surface area contributed by atoms with Gasteiger partial charge in [0, 0.05) is 32.5 Å². The van der Waals surface area contributed by atoms with Crippen LogP contribution in [0, 0.1) is 11.8 Å². The summed E-state index contributed by atoms with van der Waals surface area (Å²) in [5, 5.41) is 2.78. The van der Waals surface area contributed by atoms with Crippen molar-refractivity contribution in [3.05, 3.63) is 0 Å². The molecule has 3 unspecified atom stereocenters. The molecule has 170 valence electrons. The zero-order valence-corrected chi connectivity index (χ0v) is 19.0. The molecule has 4 atom stereocenters. The first kappa shape index (κ1) is 23.7. The van der Waals surface area contributed by atoms with Crippen molar-refractivity contribution in [2.45, 2.75) is 74.8 Å². The molecule has 3 N–H and O–H groups in total. The highest BCUT2D eigenvalue weighted by Crippen LogP contribution is 2.36. The topological polar surface area (TPSA) is 111 Å². The number of carbonyl (C=O) groups excluding carboxylic acids is 3. The molecule has 3 fully saturated rings. The average molecular weight is 442 g/mol. The van der Waals surface area contributed by atoms with Gasteiger partial charge in [0.05, 0.1) is 17.4 Å². The molecular formula is C21H35N3O5S. The number of imide groups is 1. The first-order chi connectivity index (χ1) is 14.3. The number of nitrogens with zero attached hydrogens (tertiary/aromatic N) is 1. The highest BCUT2D eigenvalue weighted by atomic mass is 32.2. The number of hydrogen-bond acceptors (Lipinski definition) is 8. The monoisotopic (exact) mass is 441 g/mol. The van der Waals surface area contributed by atoms with Crippen LogP contribution in [0.3, 0.4) is 0 Å². The molecule has 1 aliphatic carbocycles. The van der Waals surface area contributed by atoms with Gasteiger partial charge in [0.25, 0.3) is 0 Å². The second-order valence-electron chi connectivity index (χ2n) is 8.87. The van der Waals surface area contributed by atoms with Crippen LogP contribution in [0.1, 0.15) is 52.4 Å². The minimum absolute atomic E-state index is 0.00795. The predicted octanol–water partition coefficient (Wildman–Crippen LogP) is 1.27. The fourth-order valence-corrected chi connectivity index (χ4v) is 5.81. The van der Waals surface area contributed by atoms with E-state index in [1.807, 2.05) is 6.92 Å². The molecule has 2 heterocycles. The lowest BCUT2D eigenvalue weighted by molar-refractivity contribution is -0.139. The summed E-state index contributed by atoms with van der Waals surface area (Å²) >= 11 is 1.37. The number of ketones is 1. The van der Waals surface area contributed by atoms with Crippen LogP contribution >= 0.6 is 11.8 Å². The summed E-state index contributed by atoms with van der Waals surface area (Å²) in [6.45, 7) is 5.44. The molecule has 3 aliphatic rings. The summed E-state index contributed by atoms with van der Waals surface area (Å²) in [7, 11) is 1.60. The minimum atomic E-state index is -0.765. The van der Waals surface area contributed by atoms with E-state index in [0.29, 0.717) is 26.1 Å². The molecule has 3 rings (SSSR count). The number of hydrogen-bond donors (Lipinski definition) is 2. The SMILES string of the molecule is CCC(C)(N)C(=O)C1CCC(CN2C(=O)CC(SC3OCCN[C@@H]3OC)C2=O)CC1. The van der Waals surface area contributed by atoms with Crippen molar-refractivity contribution in [2.24, 2.45) is 17.6 Å². The largest absolute Gasteiger partial charge is 0.363 e. The van der Waals surface area contributed by atoms with Gasteiger partial charge >= 0.3 is 0 Å². The molecule has 0 aromatic heterocycles. The molecule has 8 nitrogen and oxygen atoms in total. The Morgan fingerprint density at radius 3 is 2.67 bits per heavy atom. The maximum atomic E-state index is 12.9. The van der Waals surface area contributed by atoms with E-state index in [1.54, 1.807) is 14.0 Å². The lowest BCUT2D eigenvalue weighted by Crippen LogP contribution is -2.49. The van der Waals surface area contributed by atoms with Crippen molar-refractivity contribution in [3.8, 4) is 0 Å². The first-order valence-electron chi connectivity index (χ1n) is 11.0. The molecule has 9 heteroatoms. The summed E-state index contributed by atoms with van der Waals surface area (Å²) in [6, 6.07) is 0. The Morgan fingerprint density at radius 2 is 2.03 bits per heavy atom. The van der Waals surface area contributed by atoms with Crippen molar-refractivity contribution in [2.75, 3.05) is 26.8 Å². The average Bonchev–Trinajstić information content (AvgIpc) is 3.01. The van der Waals surface area contributed by atoms with Gasteiger partial charge in [0.15, 0.2) is 5.78 Å². The van der Waals surface area contributed by atoms with Gasteiger partial charge in [-0.15, -0.1) is 11.8 Å². The lowest BCUT2D eigenvalue weighted by atomic mass is 9.75. The number of morpholine rings is 1. The molecule has 2 saturated heterocycles. The zero-order chi connectivity index (χ0) is 21.9. The van der Waals surface area contributed by atoms with Crippen molar-refractivity contribution >= 4 is 29.4 Å². The van der Waals surface area contributed by atoms with E-state index in [4.69, 9.17) is 15.2 Å². The molecule has 0 aromatic rings. The molecular weight excluding hydrogens is 406 g/mol. The molecule has 0 bridgehead atoms. The van der Waals surface area contributed by atoms with E-state index in [2.05, 4.69) is 5.32 Å². The van der Waals surface area contributed by atoms with E-state index < -0.39 is 10.8 Å². The van der Waals surface area contributed by atoms with E-state index in [0.717, 1.165) is 25.7 Å². The third-order valence-corrected chi connectivity index (χ3v) is 8.04. The Kier molecular flexibility index (Phi) is 7.95. The molecule has 30 heavy (non-hydrogen) atoms. The maximum absolute atomic E-state index is 12.9. The van der Waals surface area contributed by atoms with Crippen LogP contribution < -0.4 is 11.1 Å². The van der Waals surface area contributed by atoms with Gasteiger partial charge in [-0.2, -0.15) is 0 Å². The van der Waals surface area contributed by atoms with Crippen LogP contribution in [0.15, 0.2) is 0 Å². The van der Waals surface area contributed by atoms with E-state index in [9.17, 15) is 14.4 Å². The normalized spacial score (nSPS) is 34.8. The third-order valence-electron chi connectivity index (χ3n) is 6.69. The number of thioether (sulfide) groups is 1. The Hall–Kier alpha value is -1.00. The summed E-state index contributed by atoms with van der Waals surface area (Å²) in [6.07, 6.45) is 3.79. The van der Waals surface area contributed by atoms with Crippen molar-refractivity contribution < 1.29 is 23.9 Å². The standard InChI is InChI=1S/C21H35N3O5S/c1-4-21(2,22)17(26)14-7-5-13(6-8-14)12-24-16(25)11-15(19(24)27)30-20-18(28-3)23-9-10-29-20/h13-15,18,20,23H,4-12,22H2,1-3H3/t13?,14?,15?,18-,20?,21?/m1/s1. The highest BCUT2D eigenvalue weighted by Gasteiger charge is 2.43. The van der Waals surface area contributed by atoms with Gasteiger partial charge in [-0.1, -0.05) is 6.92 Å². The van der Waals surface area contributed by atoms with Crippen LogP contribution in [-0.4, -0.2) is 71.8 Å². The number of rotatable bonds is 8. The van der Waals surface area contributed by atoms with Gasteiger partial charge in [0.2, 0.25) is 11.8 Å². The molecule has 0 spiro atoms. The summed E-state index contributed by atoms with van der Waals surface area (Å²) in [5.74, 6) is 0.130. The van der Waals surface area contributed by atoms with Crippen molar-refractivity contribution in [1.82, 2.24) is 10.2 Å². The van der Waals surface area contributed by atoms with Gasteiger partial charge in [-0.3, -0.25) is 24.6 Å². The van der Waals surface area contributed by atoms with E-state index >= 15 is 0 Å². The van der Waals surface area contributed by atoms with Crippen molar-refractivity contribution in [1.29, 1.82) is 0 Å². The number of Topliss-reactive ketones (excluding diaryl/α,β-unsaturated/α-hetero) is 1. The number of carbonyl (C=O) groups is 3. The predicted molar refractivity (Wildman–Crippen MR) is 115 cm³/mol. The fraction of sp³-hybridized carbons (Fsp3) is 0.857. The van der Waals surface area contributed by atoms with E-state index in [-0.39, 0.29) is 47.5 Å². The quantitative estimate of drug-likeness (QED) is 0.542. The molecule has 0 radical (unpaired) electrons. The summed E-state index contributed by atoms with van der Waals surface area (Å²) in [5.41, 5.74) is 5.06. The number of amides is 2. The van der Waals surface area contributed by atoms with Gasteiger partial charge in [-0.25, -0.2) is 0 Å². The van der Waals surface area contributed by atoms with Crippen LogP contribution in [0.4, 0.5) is 0 Å².